The first-order chi connectivity index (χ1) is 13.2. The monoisotopic (exact) mass is 400 g/mol. The maximum absolute atomic E-state index is 12.7. The van der Waals surface area contributed by atoms with Gasteiger partial charge in [-0.05, 0) is 42.7 Å². The normalized spacial score (nSPS) is 17.4. The van der Waals surface area contributed by atoms with E-state index >= 15 is 0 Å². The highest BCUT2D eigenvalue weighted by Gasteiger charge is 2.27. The molecule has 1 saturated heterocycles. The minimum absolute atomic E-state index is 0.201. The molecule has 2 aromatic heterocycles. The third kappa shape index (κ3) is 4.28. The number of carbonyl (C=O) groups excluding carboxylic acids is 1. The lowest BCUT2D eigenvalue weighted by Crippen LogP contribution is -2.40. The lowest BCUT2D eigenvalue weighted by atomic mass is 9.97. The second-order valence-corrected chi connectivity index (χ2v) is 8.21. The number of fused-ring (bicyclic) bond motifs is 1. The number of piperidine rings is 1. The molecule has 0 bridgehead atoms. The lowest BCUT2D eigenvalue weighted by molar-refractivity contribution is -0.129. The number of hydrogen-bond donors (Lipinski definition) is 0. The Labute approximate surface area is 167 Å². The maximum atomic E-state index is 12.7. The number of carbonyl (C=O) groups is 1. The van der Waals surface area contributed by atoms with Crippen molar-refractivity contribution in [1.82, 2.24) is 19.5 Å². The summed E-state index contributed by atoms with van der Waals surface area (Å²) in [5.41, 5.74) is 2.04. The fraction of sp³-hybridized carbons (Fsp3) is 0.350. The number of pyridine rings is 1. The lowest BCUT2D eigenvalue weighted by Gasteiger charge is -2.32. The van der Waals surface area contributed by atoms with Gasteiger partial charge in [0.2, 0.25) is 5.91 Å². The zero-order valence-corrected chi connectivity index (χ0v) is 16.5. The molecule has 7 heteroatoms. The topological polar surface area (TPSA) is 50.5 Å². The highest BCUT2D eigenvalue weighted by atomic mass is 35.5. The Morgan fingerprint density at radius 2 is 2.04 bits per heavy atom. The predicted octanol–water partition coefficient (Wildman–Crippen LogP) is 4.02. The van der Waals surface area contributed by atoms with Crippen molar-refractivity contribution in [2.24, 2.45) is 0 Å². The Morgan fingerprint density at radius 3 is 2.89 bits per heavy atom. The van der Waals surface area contributed by atoms with Crippen LogP contribution in [0.4, 0.5) is 0 Å². The van der Waals surface area contributed by atoms with E-state index in [1.807, 2.05) is 58.0 Å². The van der Waals surface area contributed by atoms with Crippen molar-refractivity contribution in [3.8, 4) is 0 Å². The molecule has 4 rings (SSSR count). The zero-order valence-electron chi connectivity index (χ0n) is 14.9. The number of thioether (sulfide) groups is 1. The first-order valence-corrected chi connectivity index (χ1v) is 10.6. The van der Waals surface area contributed by atoms with E-state index in [4.69, 9.17) is 11.6 Å². The van der Waals surface area contributed by atoms with Crippen LogP contribution in [0.1, 0.15) is 30.1 Å². The molecule has 27 heavy (non-hydrogen) atoms. The van der Waals surface area contributed by atoms with E-state index in [-0.39, 0.29) is 11.8 Å². The fourth-order valence-electron chi connectivity index (χ4n) is 3.48. The second kappa shape index (κ2) is 8.31. The Bertz CT molecular complexity index is 927. The molecule has 3 heterocycles. The average Bonchev–Trinajstić information content (AvgIpc) is 3.14. The van der Waals surface area contributed by atoms with Gasteiger partial charge in [-0.3, -0.25) is 9.20 Å². The van der Waals surface area contributed by atoms with Gasteiger partial charge in [-0.2, -0.15) is 0 Å². The quantitative estimate of drug-likeness (QED) is 0.649. The number of hydrogen-bond acceptors (Lipinski definition) is 4. The van der Waals surface area contributed by atoms with Gasteiger partial charge in [0.25, 0.3) is 0 Å². The maximum Gasteiger partial charge on any atom is 0.232 e. The number of benzene rings is 1. The number of nitrogens with zero attached hydrogens (tertiary/aromatic N) is 4. The van der Waals surface area contributed by atoms with E-state index in [1.54, 1.807) is 11.8 Å². The van der Waals surface area contributed by atoms with E-state index in [2.05, 4.69) is 10.2 Å². The van der Waals surface area contributed by atoms with Crippen molar-refractivity contribution in [3.63, 3.8) is 0 Å². The highest BCUT2D eigenvalue weighted by molar-refractivity contribution is 7.99. The van der Waals surface area contributed by atoms with Crippen molar-refractivity contribution in [1.29, 1.82) is 0 Å². The van der Waals surface area contributed by atoms with Gasteiger partial charge in [-0.25, -0.2) is 0 Å². The third-order valence-corrected chi connectivity index (χ3v) is 6.13. The van der Waals surface area contributed by atoms with Gasteiger partial charge in [0.1, 0.15) is 5.82 Å². The number of halogens is 1. The van der Waals surface area contributed by atoms with Crippen LogP contribution in [0.15, 0.2) is 48.7 Å². The van der Waals surface area contributed by atoms with Crippen LogP contribution in [-0.4, -0.2) is 44.2 Å². The van der Waals surface area contributed by atoms with E-state index in [0.29, 0.717) is 5.75 Å². The summed E-state index contributed by atoms with van der Waals surface area (Å²) in [5, 5.41) is 9.37. The first kappa shape index (κ1) is 18.3. The summed E-state index contributed by atoms with van der Waals surface area (Å²) in [6.07, 6.45) is 4.03. The molecule has 1 amide bonds. The summed E-state index contributed by atoms with van der Waals surface area (Å²) in [6, 6.07) is 13.7. The summed E-state index contributed by atoms with van der Waals surface area (Å²) in [5.74, 6) is 2.70. The van der Waals surface area contributed by atoms with E-state index in [9.17, 15) is 4.79 Å². The van der Waals surface area contributed by atoms with Gasteiger partial charge in [-0.15, -0.1) is 22.0 Å². The predicted molar refractivity (Wildman–Crippen MR) is 109 cm³/mol. The molecular formula is C20H21ClN4OS. The smallest absolute Gasteiger partial charge is 0.232 e. The van der Waals surface area contributed by atoms with Crippen LogP contribution >= 0.6 is 23.4 Å². The molecule has 0 aliphatic carbocycles. The molecule has 140 valence electrons. The third-order valence-electron chi connectivity index (χ3n) is 4.89. The van der Waals surface area contributed by atoms with Gasteiger partial charge in [0.05, 0.1) is 5.75 Å². The van der Waals surface area contributed by atoms with Gasteiger partial charge < -0.3 is 4.90 Å². The standard InChI is InChI=1S/C20H21ClN4OS/c21-17-8-6-15(7-9-17)13-27-14-19(26)24-10-3-4-16(12-24)20-23-22-18-5-1-2-11-25(18)20/h1-2,5-9,11,16H,3-4,10,12-14H2. The Hall–Kier alpha value is -2.05. The van der Waals surface area contributed by atoms with Crippen molar-refractivity contribution in [2.75, 3.05) is 18.8 Å². The van der Waals surface area contributed by atoms with Crippen molar-refractivity contribution in [2.45, 2.75) is 24.5 Å². The fourth-order valence-corrected chi connectivity index (χ4v) is 4.49. The van der Waals surface area contributed by atoms with Crippen molar-refractivity contribution < 1.29 is 4.79 Å². The molecule has 0 N–H and O–H groups in total. The second-order valence-electron chi connectivity index (χ2n) is 6.79. The molecule has 1 aliphatic rings. The summed E-state index contributed by atoms with van der Waals surface area (Å²) in [7, 11) is 0. The number of likely N-dealkylation sites (tertiary alicyclic amines) is 1. The van der Waals surface area contributed by atoms with Crippen LogP contribution in [0, 0.1) is 0 Å². The number of amides is 1. The first-order valence-electron chi connectivity index (χ1n) is 9.10. The van der Waals surface area contributed by atoms with Crippen LogP contribution in [0.25, 0.3) is 5.65 Å². The molecule has 5 nitrogen and oxygen atoms in total. The molecule has 0 saturated carbocycles. The summed E-state index contributed by atoms with van der Waals surface area (Å²) < 4.78 is 2.04. The van der Waals surface area contributed by atoms with Crippen LogP contribution < -0.4 is 0 Å². The number of aromatic nitrogens is 3. The summed E-state index contributed by atoms with van der Waals surface area (Å²) in [6.45, 7) is 1.55. The van der Waals surface area contributed by atoms with Gasteiger partial charge in [0, 0.05) is 36.0 Å². The zero-order chi connectivity index (χ0) is 18.6. The number of rotatable bonds is 5. The highest BCUT2D eigenvalue weighted by Crippen LogP contribution is 2.26. The molecule has 0 radical (unpaired) electrons. The molecule has 1 aliphatic heterocycles. The minimum atomic E-state index is 0.201. The van der Waals surface area contributed by atoms with E-state index in [0.717, 1.165) is 48.2 Å². The van der Waals surface area contributed by atoms with Gasteiger partial charge in [0.15, 0.2) is 5.65 Å². The molecule has 3 aromatic rings. The van der Waals surface area contributed by atoms with Gasteiger partial charge >= 0.3 is 0 Å². The SMILES string of the molecule is O=C(CSCc1ccc(Cl)cc1)N1CCCC(c2nnc3ccccn23)C1. The Kier molecular flexibility index (Phi) is 5.64. The van der Waals surface area contributed by atoms with Crippen LogP contribution in [0.3, 0.4) is 0 Å². The molecule has 1 atom stereocenters. The molecule has 1 fully saturated rings. The molecule has 1 unspecified atom stereocenters. The Balaban J connectivity index is 1.35. The Morgan fingerprint density at radius 1 is 1.19 bits per heavy atom. The van der Waals surface area contributed by atoms with E-state index in [1.165, 1.54) is 5.56 Å². The van der Waals surface area contributed by atoms with Crippen LogP contribution in [-0.2, 0) is 10.5 Å². The van der Waals surface area contributed by atoms with E-state index < -0.39 is 0 Å². The van der Waals surface area contributed by atoms with Crippen LogP contribution in [0.2, 0.25) is 5.02 Å². The molecular weight excluding hydrogens is 380 g/mol. The van der Waals surface area contributed by atoms with Gasteiger partial charge in [-0.1, -0.05) is 29.8 Å². The van der Waals surface area contributed by atoms with Crippen molar-refractivity contribution >= 4 is 34.9 Å². The van der Waals surface area contributed by atoms with Crippen molar-refractivity contribution in [3.05, 3.63) is 65.1 Å². The average molecular weight is 401 g/mol. The largest absolute Gasteiger partial charge is 0.341 e. The minimum Gasteiger partial charge on any atom is -0.341 e. The molecule has 1 aromatic carbocycles. The summed E-state index contributed by atoms with van der Waals surface area (Å²) >= 11 is 7.56. The summed E-state index contributed by atoms with van der Waals surface area (Å²) in [4.78, 5) is 14.6. The molecule has 0 spiro atoms. The van der Waals surface area contributed by atoms with Crippen LogP contribution in [0.5, 0.6) is 0 Å².